The number of nitrogens with two attached hydrogens (primary N) is 1. The molecule has 14 heavy (non-hydrogen) atoms. The molecule has 1 aromatic rings. The molecule has 0 aliphatic heterocycles. The lowest BCUT2D eigenvalue weighted by molar-refractivity contribution is -0.122. The maximum absolute atomic E-state index is 11.4. The number of carbonyl (C=O) groups is 1. The van der Waals surface area contributed by atoms with Gasteiger partial charge in [-0.2, -0.15) is 0 Å². The smallest absolute Gasteiger partial charge is 0.222 e. The number of rotatable bonds is 4. The lowest BCUT2D eigenvalue weighted by Crippen LogP contribution is -2.38. The molecule has 0 aliphatic rings. The molecule has 1 aromatic heterocycles. The van der Waals surface area contributed by atoms with Crippen LogP contribution in [0.15, 0.2) is 17.5 Å². The molecule has 4 heteroatoms. The quantitative estimate of drug-likeness (QED) is 0.794. The second-order valence-electron chi connectivity index (χ2n) is 4.02. The van der Waals surface area contributed by atoms with E-state index in [9.17, 15) is 4.79 Å². The van der Waals surface area contributed by atoms with Gasteiger partial charge in [0.25, 0.3) is 0 Å². The van der Waals surface area contributed by atoms with Gasteiger partial charge in [-0.25, -0.2) is 0 Å². The zero-order chi connectivity index (χ0) is 10.6. The molecule has 3 nitrogen and oxygen atoms in total. The van der Waals surface area contributed by atoms with Gasteiger partial charge < -0.3 is 11.1 Å². The van der Waals surface area contributed by atoms with Crippen molar-refractivity contribution in [2.24, 2.45) is 5.73 Å². The van der Waals surface area contributed by atoms with Crippen LogP contribution in [0.3, 0.4) is 0 Å². The molecule has 0 saturated carbocycles. The highest BCUT2D eigenvalue weighted by Crippen LogP contribution is 2.08. The SMILES string of the molecule is CC(C)(N)CC(=O)NCc1cccs1. The Morgan fingerprint density at radius 3 is 2.86 bits per heavy atom. The molecule has 0 fully saturated rings. The highest BCUT2D eigenvalue weighted by molar-refractivity contribution is 7.09. The molecule has 0 saturated heterocycles. The van der Waals surface area contributed by atoms with Gasteiger partial charge in [-0.3, -0.25) is 4.79 Å². The van der Waals surface area contributed by atoms with Crippen molar-refractivity contribution in [2.75, 3.05) is 0 Å². The average molecular weight is 212 g/mol. The summed E-state index contributed by atoms with van der Waals surface area (Å²) in [6.07, 6.45) is 0.359. The lowest BCUT2D eigenvalue weighted by atomic mass is 10.0. The molecule has 0 spiro atoms. The minimum absolute atomic E-state index is 0.00546. The summed E-state index contributed by atoms with van der Waals surface area (Å²) in [7, 11) is 0. The lowest BCUT2D eigenvalue weighted by Gasteiger charge is -2.17. The van der Waals surface area contributed by atoms with E-state index >= 15 is 0 Å². The van der Waals surface area contributed by atoms with Gasteiger partial charge in [0.2, 0.25) is 5.91 Å². The van der Waals surface area contributed by atoms with E-state index in [0.29, 0.717) is 13.0 Å². The molecule has 78 valence electrons. The molecular weight excluding hydrogens is 196 g/mol. The van der Waals surface area contributed by atoms with Crippen molar-refractivity contribution in [2.45, 2.75) is 32.4 Å². The fourth-order valence-electron chi connectivity index (χ4n) is 1.08. The number of hydrogen-bond acceptors (Lipinski definition) is 3. The van der Waals surface area contributed by atoms with Gasteiger partial charge in [0.1, 0.15) is 0 Å². The number of carbonyl (C=O) groups excluding carboxylic acids is 1. The predicted octanol–water partition coefficient (Wildman–Crippen LogP) is 1.49. The van der Waals surface area contributed by atoms with E-state index in [-0.39, 0.29) is 5.91 Å². The van der Waals surface area contributed by atoms with Gasteiger partial charge in [0.05, 0.1) is 6.54 Å². The van der Waals surface area contributed by atoms with E-state index in [1.165, 1.54) is 0 Å². The number of nitrogens with one attached hydrogen (secondary N) is 1. The second kappa shape index (κ2) is 4.57. The summed E-state index contributed by atoms with van der Waals surface area (Å²) in [4.78, 5) is 12.5. The molecule has 0 aromatic carbocycles. The van der Waals surface area contributed by atoms with Crippen molar-refractivity contribution in [3.05, 3.63) is 22.4 Å². The molecular formula is C10H16N2OS. The minimum Gasteiger partial charge on any atom is -0.351 e. The van der Waals surface area contributed by atoms with E-state index in [1.54, 1.807) is 11.3 Å². The van der Waals surface area contributed by atoms with Crippen molar-refractivity contribution in [1.82, 2.24) is 5.32 Å². The summed E-state index contributed by atoms with van der Waals surface area (Å²) in [5, 5.41) is 4.83. The maximum Gasteiger partial charge on any atom is 0.222 e. The Morgan fingerprint density at radius 2 is 2.36 bits per heavy atom. The fourth-order valence-corrected chi connectivity index (χ4v) is 1.72. The third-order valence-corrected chi connectivity index (χ3v) is 2.53. The third-order valence-electron chi connectivity index (χ3n) is 1.66. The Morgan fingerprint density at radius 1 is 1.64 bits per heavy atom. The van der Waals surface area contributed by atoms with Crippen LogP contribution in [-0.2, 0) is 11.3 Å². The van der Waals surface area contributed by atoms with Crippen LogP contribution in [0.2, 0.25) is 0 Å². The molecule has 0 atom stereocenters. The Labute approximate surface area is 88.3 Å². The van der Waals surface area contributed by atoms with Gasteiger partial charge >= 0.3 is 0 Å². The summed E-state index contributed by atoms with van der Waals surface area (Å²) in [5.74, 6) is 0.00546. The van der Waals surface area contributed by atoms with Crippen LogP contribution in [-0.4, -0.2) is 11.4 Å². The van der Waals surface area contributed by atoms with Crippen LogP contribution in [0.25, 0.3) is 0 Å². The topological polar surface area (TPSA) is 55.1 Å². The normalized spacial score (nSPS) is 11.4. The summed E-state index contributed by atoms with van der Waals surface area (Å²) in [6, 6.07) is 3.97. The number of hydrogen-bond donors (Lipinski definition) is 2. The molecule has 0 radical (unpaired) electrons. The van der Waals surface area contributed by atoms with E-state index in [1.807, 2.05) is 31.4 Å². The molecule has 0 unspecified atom stereocenters. The van der Waals surface area contributed by atoms with Gasteiger partial charge in [-0.15, -0.1) is 11.3 Å². The van der Waals surface area contributed by atoms with Crippen molar-refractivity contribution >= 4 is 17.2 Å². The molecule has 1 heterocycles. The average Bonchev–Trinajstić information content (AvgIpc) is 2.49. The molecule has 0 bridgehead atoms. The Balaban J connectivity index is 2.29. The summed E-state index contributed by atoms with van der Waals surface area (Å²) >= 11 is 1.64. The van der Waals surface area contributed by atoms with Crippen LogP contribution < -0.4 is 11.1 Å². The highest BCUT2D eigenvalue weighted by Gasteiger charge is 2.15. The molecule has 0 aliphatic carbocycles. The maximum atomic E-state index is 11.4. The van der Waals surface area contributed by atoms with Gasteiger partial charge in [-0.1, -0.05) is 6.07 Å². The number of thiophene rings is 1. The van der Waals surface area contributed by atoms with Gasteiger partial charge in [-0.05, 0) is 25.3 Å². The van der Waals surface area contributed by atoms with Crippen molar-refractivity contribution in [1.29, 1.82) is 0 Å². The van der Waals surface area contributed by atoms with Crippen LogP contribution in [0, 0.1) is 0 Å². The summed E-state index contributed by atoms with van der Waals surface area (Å²) < 4.78 is 0. The standard InChI is InChI=1S/C10H16N2OS/c1-10(2,11)6-9(13)12-7-8-4-3-5-14-8/h3-5H,6-7,11H2,1-2H3,(H,12,13). The van der Waals surface area contributed by atoms with Crippen LogP contribution >= 0.6 is 11.3 Å². The zero-order valence-corrected chi connectivity index (χ0v) is 9.36. The Bertz CT molecular complexity index is 288. The summed E-state index contributed by atoms with van der Waals surface area (Å²) in [5.41, 5.74) is 5.30. The van der Waals surface area contributed by atoms with E-state index < -0.39 is 5.54 Å². The molecule has 1 amide bonds. The first-order valence-corrected chi connectivity index (χ1v) is 5.43. The van der Waals surface area contributed by atoms with Gasteiger partial charge in [0, 0.05) is 16.8 Å². The van der Waals surface area contributed by atoms with Crippen molar-refractivity contribution < 1.29 is 4.79 Å². The first-order chi connectivity index (χ1) is 6.47. The molecule has 3 N–H and O–H groups in total. The largest absolute Gasteiger partial charge is 0.351 e. The Hall–Kier alpha value is -0.870. The predicted molar refractivity (Wildman–Crippen MR) is 59.0 cm³/mol. The van der Waals surface area contributed by atoms with Crippen LogP contribution in [0.1, 0.15) is 25.1 Å². The van der Waals surface area contributed by atoms with E-state index in [4.69, 9.17) is 5.73 Å². The zero-order valence-electron chi connectivity index (χ0n) is 8.54. The van der Waals surface area contributed by atoms with Crippen LogP contribution in [0.4, 0.5) is 0 Å². The van der Waals surface area contributed by atoms with E-state index in [0.717, 1.165) is 4.88 Å². The van der Waals surface area contributed by atoms with Crippen LogP contribution in [0.5, 0.6) is 0 Å². The Kier molecular flexibility index (Phi) is 3.66. The van der Waals surface area contributed by atoms with E-state index in [2.05, 4.69) is 5.32 Å². The fraction of sp³-hybridized carbons (Fsp3) is 0.500. The monoisotopic (exact) mass is 212 g/mol. The second-order valence-corrected chi connectivity index (χ2v) is 5.05. The van der Waals surface area contributed by atoms with Crippen molar-refractivity contribution in [3.63, 3.8) is 0 Å². The highest BCUT2D eigenvalue weighted by atomic mass is 32.1. The number of amides is 1. The molecule has 1 rings (SSSR count). The summed E-state index contributed by atoms with van der Waals surface area (Å²) in [6.45, 7) is 4.29. The minimum atomic E-state index is -0.431. The third kappa shape index (κ3) is 4.39. The van der Waals surface area contributed by atoms with Crippen molar-refractivity contribution in [3.8, 4) is 0 Å². The first kappa shape index (κ1) is 11.2. The van der Waals surface area contributed by atoms with Gasteiger partial charge in [0.15, 0.2) is 0 Å². The first-order valence-electron chi connectivity index (χ1n) is 4.55.